The smallest absolute Gasteiger partial charge is 0.128 e. The number of nitrogens with zero attached hydrogens (tertiary/aromatic N) is 1. The van der Waals surface area contributed by atoms with E-state index in [-0.39, 0.29) is 5.41 Å². The molecule has 0 saturated carbocycles. The average Bonchev–Trinajstić information content (AvgIpc) is 2.85. The molecule has 1 aromatic carbocycles. The van der Waals surface area contributed by atoms with Gasteiger partial charge >= 0.3 is 0 Å². The van der Waals surface area contributed by atoms with Crippen LogP contribution >= 0.6 is 0 Å². The SMILES string of the molecule is CCCC1CCN(S(=O)c2c(C)cc(C(C)(C)C)cc2C)C1. The zero-order valence-electron chi connectivity index (χ0n) is 15.0. The first-order valence-corrected chi connectivity index (χ1v) is 9.63. The summed E-state index contributed by atoms with van der Waals surface area (Å²) in [4.78, 5) is 1.03. The van der Waals surface area contributed by atoms with Crippen molar-refractivity contribution in [3.8, 4) is 0 Å². The lowest BCUT2D eigenvalue weighted by Crippen LogP contribution is -2.25. The Morgan fingerprint density at radius 2 is 1.82 bits per heavy atom. The van der Waals surface area contributed by atoms with E-state index in [4.69, 9.17) is 0 Å². The average molecular weight is 322 g/mol. The van der Waals surface area contributed by atoms with Crippen LogP contribution in [0.3, 0.4) is 0 Å². The van der Waals surface area contributed by atoms with Crippen LogP contribution in [0.15, 0.2) is 17.0 Å². The number of hydrogen-bond donors (Lipinski definition) is 0. The molecule has 0 radical (unpaired) electrons. The topological polar surface area (TPSA) is 20.3 Å². The van der Waals surface area contributed by atoms with Gasteiger partial charge in [-0.05, 0) is 54.7 Å². The largest absolute Gasteiger partial charge is 0.237 e. The lowest BCUT2D eigenvalue weighted by Gasteiger charge is -2.24. The second-order valence-electron chi connectivity index (χ2n) is 7.77. The summed E-state index contributed by atoms with van der Waals surface area (Å²) in [5, 5.41) is 0. The molecular weight excluding hydrogens is 290 g/mol. The van der Waals surface area contributed by atoms with E-state index in [1.54, 1.807) is 0 Å². The minimum atomic E-state index is -1.01. The summed E-state index contributed by atoms with van der Waals surface area (Å²) in [6.45, 7) is 15.1. The second-order valence-corrected chi connectivity index (χ2v) is 9.19. The molecule has 2 nitrogen and oxygen atoms in total. The molecule has 0 aliphatic carbocycles. The van der Waals surface area contributed by atoms with Crippen LogP contribution in [0.2, 0.25) is 0 Å². The number of benzene rings is 1. The van der Waals surface area contributed by atoms with Gasteiger partial charge in [0.2, 0.25) is 0 Å². The Morgan fingerprint density at radius 1 is 1.23 bits per heavy atom. The molecule has 0 N–H and O–H groups in total. The molecule has 1 aliphatic heterocycles. The van der Waals surface area contributed by atoms with Crippen LogP contribution in [0.25, 0.3) is 0 Å². The summed E-state index contributed by atoms with van der Waals surface area (Å²) in [6, 6.07) is 4.44. The minimum Gasteiger partial charge on any atom is -0.237 e. The van der Waals surface area contributed by atoms with E-state index in [1.807, 2.05) is 0 Å². The summed E-state index contributed by atoms with van der Waals surface area (Å²) >= 11 is 0. The molecule has 2 unspecified atom stereocenters. The van der Waals surface area contributed by atoms with Crippen LogP contribution in [0, 0.1) is 19.8 Å². The van der Waals surface area contributed by atoms with E-state index < -0.39 is 11.0 Å². The molecule has 1 saturated heterocycles. The minimum absolute atomic E-state index is 0.134. The van der Waals surface area contributed by atoms with Gasteiger partial charge in [0, 0.05) is 13.1 Å². The predicted molar refractivity (Wildman–Crippen MR) is 95.6 cm³/mol. The Labute approximate surface area is 138 Å². The molecule has 0 spiro atoms. The molecule has 1 fully saturated rings. The molecule has 1 aliphatic rings. The summed E-state index contributed by atoms with van der Waals surface area (Å²) in [5.74, 6) is 0.725. The van der Waals surface area contributed by atoms with Gasteiger partial charge in [-0.3, -0.25) is 0 Å². The molecule has 2 atom stereocenters. The zero-order valence-corrected chi connectivity index (χ0v) is 15.8. The van der Waals surface area contributed by atoms with Gasteiger partial charge in [0.05, 0.1) is 4.90 Å². The predicted octanol–water partition coefficient (Wildman–Crippen LogP) is 4.75. The van der Waals surface area contributed by atoms with E-state index in [9.17, 15) is 4.21 Å². The van der Waals surface area contributed by atoms with Crippen LogP contribution in [-0.4, -0.2) is 21.6 Å². The molecular formula is C19H31NOS. The van der Waals surface area contributed by atoms with Gasteiger partial charge in [-0.15, -0.1) is 0 Å². The molecule has 2 rings (SSSR count). The normalized spacial score (nSPS) is 21.3. The van der Waals surface area contributed by atoms with Crippen molar-refractivity contribution in [3.63, 3.8) is 0 Å². The zero-order chi connectivity index (χ0) is 16.5. The molecule has 0 bridgehead atoms. The van der Waals surface area contributed by atoms with Crippen molar-refractivity contribution >= 4 is 11.0 Å². The molecule has 1 aromatic rings. The number of hydrogen-bond acceptors (Lipinski definition) is 1. The van der Waals surface area contributed by atoms with Crippen molar-refractivity contribution in [2.45, 2.75) is 71.1 Å². The Hall–Kier alpha value is -0.670. The molecule has 0 aromatic heterocycles. The molecule has 0 amide bonds. The Balaban J connectivity index is 2.24. The maximum Gasteiger partial charge on any atom is 0.128 e. The van der Waals surface area contributed by atoms with Crippen LogP contribution in [0.1, 0.15) is 63.6 Å². The second kappa shape index (κ2) is 6.84. The van der Waals surface area contributed by atoms with Crippen molar-refractivity contribution in [1.29, 1.82) is 0 Å². The van der Waals surface area contributed by atoms with Gasteiger partial charge < -0.3 is 0 Å². The van der Waals surface area contributed by atoms with Crippen LogP contribution in [0.4, 0.5) is 0 Å². The van der Waals surface area contributed by atoms with Gasteiger partial charge in [0.25, 0.3) is 0 Å². The Bertz CT molecular complexity index is 536. The maximum atomic E-state index is 13.0. The third-order valence-electron chi connectivity index (χ3n) is 4.68. The lowest BCUT2D eigenvalue weighted by molar-refractivity contribution is 0.472. The quantitative estimate of drug-likeness (QED) is 0.784. The third-order valence-corrected chi connectivity index (χ3v) is 6.47. The lowest BCUT2D eigenvalue weighted by atomic mass is 9.85. The van der Waals surface area contributed by atoms with E-state index in [2.05, 4.69) is 58.0 Å². The van der Waals surface area contributed by atoms with Crippen LogP contribution in [0.5, 0.6) is 0 Å². The van der Waals surface area contributed by atoms with E-state index >= 15 is 0 Å². The Kier molecular flexibility index (Phi) is 5.50. The van der Waals surface area contributed by atoms with Crippen molar-refractivity contribution in [2.75, 3.05) is 13.1 Å². The van der Waals surface area contributed by atoms with Gasteiger partial charge in [-0.25, -0.2) is 8.51 Å². The number of rotatable bonds is 4. The van der Waals surface area contributed by atoms with Crippen LogP contribution in [-0.2, 0) is 16.4 Å². The first-order valence-electron chi connectivity index (χ1n) is 8.52. The highest BCUT2D eigenvalue weighted by Gasteiger charge is 2.28. The summed E-state index contributed by atoms with van der Waals surface area (Å²) < 4.78 is 15.2. The van der Waals surface area contributed by atoms with Crippen molar-refractivity contribution in [3.05, 3.63) is 28.8 Å². The van der Waals surface area contributed by atoms with Gasteiger partial charge in [0.1, 0.15) is 11.0 Å². The fourth-order valence-corrected chi connectivity index (χ4v) is 4.92. The third kappa shape index (κ3) is 3.80. The van der Waals surface area contributed by atoms with Gasteiger partial charge in [0.15, 0.2) is 0 Å². The first-order chi connectivity index (χ1) is 10.2. The first kappa shape index (κ1) is 17.7. The van der Waals surface area contributed by atoms with Crippen LogP contribution < -0.4 is 0 Å². The van der Waals surface area contributed by atoms with Crippen molar-refractivity contribution in [1.82, 2.24) is 4.31 Å². The molecule has 1 heterocycles. The standard InChI is InChI=1S/C19H31NOS/c1-7-8-16-9-10-20(13-16)22(21)18-14(2)11-17(12-15(18)3)19(4,5)6/h11-12,16H,7-10,13H2,1-6H3. The van der Waals surface area contributed by atoms with E-state index in [1.165, 1.54) is 36.0 Å². The molecule has 124 valence electrons. The molecule has 3 heteroatoms. The Morgan fingerprint density at radius 3 is 2.32 bits per heavy atom. The van der Waals surface area contributed by atoms with Crippen molar-refractivity contribution in [2.24, 2.45) is 5.92 Å². The fraction of sp³-hybridized carbons (Fsp3) is 0.684. The van der Waals surface area contributed by atoms with Gasteiger partial charge in [-0.2, -0.15) is 0 Å². The highest BCUT2D eigenvalue weighted by molar-refractivity contribution is 7.82. The summed E-state index contributed by atoms with van der Waals surface area (Å²) in [5.41, 5.74) is 3.80. The van der Waals surface area contributed by atoms with E-state index in [0.29, 0.717) is 0 Å². The summed E-state index contributed by atoms with van der Waals surface area (Å²) in [6.07, 6.45) is 3.68. The number of aryl methyl sites for hydroxylation is 2. The summed E-state index contributed by atoms with van der Waals surface area (Å²) in [7, 11) is -1.01. The monoisotopic (exact) mass is 321 g/mol. The van der Waals surface area contributed by atoms with Crippen molar-refractivity contribution < 1.29 is 4.21 Å². The maximum absolute atomic E-state index is 13.0. The fourth-order valence-electron chi connectivity index (χ4n) is 3.38. The highest BCUT2D eigenvalue weighted by Crippen LogP contribution is 2.31. The highest BCUT2D eigenvalue weighted by atomic mass is 32.2. The van der Waals surface area contributed by atoms with Gasteiger partial charge in [-0.1, -0.05) is 46.2 Å². The molecule has 22 heavy (non-hydrogen) atoms. The van der Waals surface area contributed by atoms with E-state index in [0.717, 1.165) is 23.9 Å².